The second-order valence-corrected chi connectivity index (χ2v) is 16.1. The number of fused-ring (bicyclic) bond motifs is 7. The first-order valence-electron chi connectivity index (χ1n) is 21.3. The van der Waals surface area contributed by atoms with E-state index in [4.69, 9.17) is 0 Å². The lowest BCUT2D eigenvalue weighted by Gasteiger charge is -2.27. The van der Waals surface area contributed by atoms with Gasteiger partial charge in [0.05, 0.1) is 16.7 Å². The van der Waals surface area contributed by atoms with Crippen LogP contribution in [-0.4, -0.2) is 4.57 Å². The molecule has 11 aromatic carbocycles. The van der Waals surface area contributed by atoms with Gasteiger partial charge in [-0.15, -0.1) is 0 Å². The number of hydrogen-bond acceptors (Lipinski definition) is 1. The lowest BCUT2D eigenvalue weighted by molar-refractivity contribution is 1.18. The van der Waals surface area contributed by atoms with Crippen LogP contribution < -0.4 is 4.90 Å². The van der Waals surface area contributed by atoms with Crippen molar-refractivity contribution < 1.29 is 0 Å². The Morgan fingerprint density at radius 2 is 0.758 bits per heavy atom. The van der Waals surface area contributed by atoms with E-state index in [2.05, 4.69) is 252 Å². The van der Waals surface area contributed by atoms with Crippen LogP contribution in [-0.2, 0) is 0 Å². The molecule has 290 valence electrons. The maximum atomic E-state index is 2.45. The van der Waals surface area contributed by atoms with Crippen molar-refractivity contribution in [2.75, 3.05) is 4.90 Å². The number of aromatic nitrogens is 1. The molecule has 0 aliphatic carbocycles. The molecule has 0 atom stereocenters. The molecule has 0 amide bonds. The van der Waals surface area contributed by atoms with Crippen LogP contribution in [0.1, 0.15) is 0 Å². The fraction of sp³-hybridized carbons (Fsp3) is 0. The van der Waals surface area contributed by atoms with Gasteiger partial charge >= 0.3 is 0 Å². The van der Waals surface area contributed by atoms with E-state index in [1.165, 1.54) is 81.9 Å². The number of anilines is 3. The third-order valence-electron chi connectivity index (χ3n) is 12.6. The Kier molecular flexibility index (Phi) is 8.53. The highest BCUT2D eigenvalue weighted by Gasteiger charge is 2.19. The molecular weight excluding hydrogens is 749 g/mol. The van der Waals surface area contributed by atoms with Crippen LogP contribution in [0, 0.1) is 0 Å². The molecule has 1 aromatic heterocycles. The molecule has 0 N–H and O–H groups in total. The van der Waals surface area contributed by atoms with Crippen LogP contribution >= 0.6 is 0 Å². The van der Waals surface area contributed by atoms with Crippen LogP contribution in [0.3, 0.4) is 0 Å². The average Bonchev–Trinajstić information content (AvgIpc) is 3.69. The highest BCUT2D eigenvalue weighted by atomic mass is 15.1. The van der Waals surface area contributed by atoms with Gasteiger partial charge < -0.3 is 9.47 Å². The van der Waals surface area contributed by atoms with Gasteiger partial charge in [-0.3, -0.25) is 0 Å². The zero-order valence-electron chi connectivity index (χ0n) is 34.0. The summed E-state index contributed by atoms with van der Waals surface area (Å²) in [6.45, 7) is 0. The van der Waals surface area contributed by atoms with Crippen LogP contribution in [0.15, 0.2) is 243 Å². The van der Waals surface area contributed by atoms with Crippen molar-refractivity contribution in [1.82, 2.24) is 4.57 Å². The monoisotopic (exact) mass is 788 g/mol. The molecule has 0 fully saturated rings. The summed E-state index contributed by atoms with van der Waals surface area (Å²) in [7, 11) is 0. The van der Waals surface area contributed by atoms with E-state index in [1.807, 2.05) is 0 Å². The van der Waals surface area contributed by atoms with Gasteiger partial charge in [-0.05, 0) is 115 Å². The smallest absolute Gasteiger partial charge is 0.0547 e. The van der Waals surface area contributed by atoms with Gasteiger partial charge in [0.1, 0.15) is 0 Å². The maximum Gasteiger partial charge on any atom is 0.0547 e. The largest absolute Gasteiger partial charge is 0.310 e. The maximum absolute atomic E-state index is 2.45. The molecule has 0 bridgehead atoms. The van der Waals surface area contributed by atoms with E-state index < -0.39 is 0 Å². The van der Waals surface area contributed by atoms with E-state index in [0.29, 0.717) is 0 Å². The van der Waals surface area contributed by atoms with Gasteiger partial charge in [0, 0.05) is 33.4 Å². The van der Waals surface area contributed by atoms with Crippen molar-refractivity contribution in [2.24, 2.45) is 0 Å². The van der Waals surface area contributed by atoms with Gasteiger partial charge in [-0.2, -0.15) is 0 Å². The molecule has 12 rings (SSSR count). The van der Waals surface area contributed by atoms with Crippen LogP contribution in [0.5, 0.6) is 0 Å². The number of para-hydroxylation sites is 2. The molecule has 0 unspecified atom stereocenters. The van der Waals surface area contributed by atoms with Crippen molar-refractivity contribution in [2.45, 2.75) is 0 Å². The summed E-state index contributed by atoms with van der Waals surface area (Å²) in [6.07, 6.45) is 0. The molecule has 2 nitrogen and oxygen atoms in total. The van der Waals surface area contributed by atoms with E-state index in [-0.39, 0.29) is 0 Å². The SMILES string of the molecule is c1cc(-c2cccc3ccccc23)cc(N(c2ccc(-c3ccccc3-n3c4ccccc4c4c5ccccc5ccc43)cc2)c2ccc(-c3cccc4ccccc34)cc2)c1. The lowest BCUT2D eigenvalue weighted by Crippen LogP contribution is -2.10. The summed E-state index contributed by atoms with van der Waals surface area (Å²) in [5.74, 6) is 0. The average molecular weight is 789 g/mol. The zero-order chi connectivity index (χ0) is 41.0. The molecule has 0 aliphatic heterocycles. The Morgan fingerprint density at radius 1 is 0.274 bits per heavy atom. The summed E-state index contributed by atoms with van der Waals surface area (Å²) in [4.78, 5) is 2.38. The Bertz CT molecular complexity index is 3620. The Balaban J connectivity index is 0.989. The van der Waals surface area contributed by atoms with Crippen LogP contribution in [0.25, 0.3) is 93.2 Å². The third-order valence-corrected chi connectivity index (χ3v) is 12.6. The zero-order valence-corrected chi connectivity index (χ0v) is 34.0. The Labute approximate surface area is 360 Å². The molecule has 2 heteroatoms. The molecule has 0 radical (unpaired) electrons. The lowest BCUT2D eigenvalue weighted by atomic mass is 9.97. The second kappa shape index (κ2) is 14.8. The van der Waals surface area contributed by atoms with Gasteiger partial charge in [-0.1, -0.05) is 188 Å². The van der Waals surface area contributed by atoms with Crippen LogP contribution in [0.4, 0.5) is 17.1 Å². The van der Waals surface area contributed by atoms with Gasteiger partial charge in [0.15, 0.2) is 0 Å². The van der Waals surface area contributed by atoms with Crippen molar-refractivity contribution in [1.29, 1.82) is 0 Å². The van der Waals surface area contributed by atoms with Crippen molar-refractivity contribution in [3.8, 4) is 39.1 Å². The summed E-state index contributed by atoms with van der Waals surface area (Å²) >= 11 is 0. The third kappa shape index (κ3) is 5.96. The second-order valence-electron chi connectivity index (χ2n) is 16.1. The van der Waals surface area contributed by atoms with E-state index in [0.717, 1.165) is 28.3 Å². The number of nitrogens with zero attached hydrogens (tertiary/aromatic N) is 2. The molecular formula is C60H40N2. The summed E-state index contributed by atoms with van der Waals surface area (Å²) in [5.41, 5.74) is 14.0. The normalized spacial score (nSPS) is 11.5. The Hall–Kier alpha value is -8.20. The first-order chi connectivity index (χ1) is 30.8. The molecule has 0 saturated heterocycles. The van der Waals surface area contributed by atoms with E-state index in [9.17, 15) is 0 Å². The molecule has 0 aliphatic rings. The predicted molar refractivity (Wildman–Crippen MR) is 264 cm³/mol. The van der Waals surface area contributed by atoms with Gasteiger partial charge in [0.25, 0.3) is 0 Å². The van der Waals surface area contributed by atoms with Crippen LogP contribution in [0.2, 0.25) is 0 Å². The first kappa shape index (κ1) is 35.7. The molecule has 1 heterocycles. The van der Waals surface area contributed by atoms with E-state index >= 15 is 0 Å². The number of rotatable bonds is 7. The summed E-state index contributed by atoms with van der Waals surface area (Å²) in [6, 6.07) is 88.4. The van der Waals surface area contributed by atoms with Crippen molar-refractivity contribution >= 4 is 71.2 Å². The van der Waals surface area contributed by atoms with Gasteiger partial charge in [-0.25, -0.2) is 0 Å². The van der Waals surface area contributed by atoms with Crippen molar-refractivity contribution in [3.05, 3.63) is 243 Å². The topological polar surface area (TPSA) is 8.17 Å². The predicted octanol–water partition coefficient (Wildman–Crippen LogP) is 16.7. The molecule has 0 spiro atoms. The summed E-state index contributed by atoms with van der Waals surface area (Å²) in [5, 5.41) is 10.1. The minimum atomic E-state index is 1.09. The van der Waals surface area contributed by atoms with E-state index in [1.54, 1.807) is 0 Å². The molecule has 62 heavy (non-hydrogen) atoms. The standard InChI is InChI=1S/C60H40N2/c1-4-21-50-41(14-1)17-12-26-52(50)44-30-35-47(36-31-44)61(49-20-11-19-46(40-49)53-27-13-18-42-15-2-5-22-51(42)53)48-37-32-45(33-38-48)54-23-7-9-28-57(54)62-58-29-10-8-25-56(58)60-55-24-6-3-16-43(55)34-39-59(60)62/h1-40H. The fourth-order valence-electron chi connectivity index (χ4n) is 9.71. The minimum absolute atomic E-state index is 1.09. The molecule has 12 aromatic rings. The Morgan fingerprint density at radius 3 is 1.44 bits per heavy atom. The number of hydrogen-bond donors (Lipinski definition) is 0. The minimum Gasteiger partial charge on any atom is -0.310 e. The summed E-state index contributed by atoms with van der Waals surface area (Å²) < 4.78 is 2.45. The van der Waals surface area contributed by atoms with Crippen molar-refractivity contribution in [3.63, 3.8) is 0 Å². The highest BCUT2D eigenvalue weighted by molar-refractivity contribution is 6.21. The molecule has 0 saturated carbocycles. The fourth-order valence-corrected chi connectivity index (χ4v) is 9.71. The quantitative estimate of drug-likeness (QED) is 0.156. The number of benzene rings is 11. The first-order valence-corrected chi connectivity index (χ1v) is 21.3. The highest BCUT2D eigenvalue weighted by Crippen LogP contribution is 2.42. The van der Waals surface area contributed by atoms with Gasteiger partial charge in [0.2, 0.25) is 0 Å².